The maximum absolute atomic E-state index is 14.1. The minimum Gasteiger partial charge on any atom is -0.288 e. The van der Waals surface area contributed by atoms with Crippen LogP contribution in [0.3, 0.4) is 0 Å². The highest BCUT2D eigenvalue weighted by Crippen LogP contribution is 2.48. The molecule has 4 nitrogen and oxygen atoms in total. The van der Waals surface area contributed by atoms with Gasteiger partial charge in [0, 0.05) is 24.5 Å². The highest BCUT2D eigenvalue weighted by atomic mass is 35.5. The number of aliphatic imine (C=N–C) groups is 1. The molecule has 1 unspecified atom stereocenters. The molecule has 0 bridgehead atoms. The van der Waals surface area contributed by atoms with E-state index in [0.717, 1.165) is 5.69 Å². The Kier molecular flexibility index (Phi) is 4.67. The van der Waals surface area contributed by atoms with Gasteiger partial charge in [0.2, 0.25) is 0 Å². The summed E-state index contributed by atoms with van der Waals surface area (Å²) >= 11 is 11.7. The lowest BCUT2D eigenvalue weighted by Crippen LogP contribution is -2.43. The monoisotopic (exact) mass is 424 g/mol. The summed E-state index contributed by atoms with van der Waals surface area (Å²) in [7, 11) is 0. The van der Waals surface area contributed by atoms with Gasteiger partial charge in [-0.15, -0.1) is 0 Å². The lowest BCUT2D eigenvalue weighted by atomic mass is 9.77. The van der Waals surface area contributed by atoms with Crippen molar-refractivity contribution in [2.45, 2.75) is 18.0 Å². The van der Waals surface area contributed by atoms with Crippen molar-refractivity contribution < 1.29 is 13.2 Å². The van der Waals surface area contributed by atoms with Gasteiger partial charge in [-0.3, -0.25) is 4.99 Å². The number of pyridine rings is 1. The van der Waals surface area contributed by atoms with E-state index in [1.54, 1.807) is 47.4 Å². The summed E-state index contributed by atoms with van der Waals surface area (Å²) in [5.74, 6) is 0. The summed E-state index contributed by atoms with van der Waals surface area (Å²) in [5, 5.41) is 3.97. The largest absolute Gasteiger partial charge is 0.400 e. The summed E-state index contributed by atoms with van der Waals surface area (Å²) in [6.07, 6.45) is -1.39. The van der Waals surface area contributed by atoms with Gasteiger partial charge in [-0.2, -0.15) is 18.3 Å². The van der Waals surface area contributed by atoms with Crippen LogP contribution in [0.25, 0.3) is 5.69 Å². The van der Waals surface area contributed by atoms with Gasteiger partial charge in [0.1, 0.15) is 15.7 Å². The Balaban J connectivity index is 1.67. The average molecular weight is 425 g/mol. The first-order chi connectivity index (χ1) is 13.3. The van der Waals surface area contributed by atoms with E-state index in [0.29, 0.717) is 11.3 Å². The van der Waals surface area contributed by atoms with Gasteiger partial charge in [-0.1, -0.05) is 35.3 Å². The fourth-order valence-electron chi connectivity index (χ4n) is 3.34. The average Bonchev–Trinajstić information content (AvgIpc) is 3.31. The van der Waals surface area contributed by atoms with Crippen LogP contribution in [0, 0.1) is 0 Å². The maximum atomic E-state index is 14.1. The van der Waals surface area contributed by atoms with Crippen molar-refractivity contribution in [1.29, 1.82) is 0 Å². The zero-order chi connectivity index (χ0) is 19.9. The second-order valence-corrected chi connectivity index (χ2v) is 7.29. The molecule has 1 aliphatic rings. The molecule has 0 fully saturated rings. The molecule has 0 radical (unpaired) electrons. The van der Waals surface area contributed by atoms with Crippen LogP contribution in [0.5, 0.6) is 0 Å². The molecule has 0 amide bonds. The minimum absolute atomic E-state index is 0.0306. The molecular formula is C19H13Cl2F3N4. The standard InChI is InChI=1S/C19H13Cl2F3N4/c20-16-8-13(9-17(21)27-16)18(19(22,23)24)10-15(25-11-18)12-2-4-14(5-3-12)28-7-1-6-26-28/h1-9H,10-11H2. The van der Waals surface area contributed by atoms with E-state index in [9.17, 15) is 13.2 Å². The Bertz CT molecular complexity index is 1010. The molecule has 4 rings (SSSR count). The number of nitrogens with zero attached hydrogens (tertiary/aromatic N) is 4. The van der Waals surface area contributed by atoms with E-state index in [2.05, 4.69) is 15.1 Å². The predicted octanol–water partition coefficient (Wildman–Crippen LogP) is 5.27. The van der Waals surface area contributed by atoms with Crippen molar-refractivity contribution in [3.63, 3.8) is 0 Å². The van der Waals surface area contributed by atoms with Gasteiger partial charge in [0.05, 0.1) is 12.2 Å². The van der Waals surface area contributed by atoms with Crippen LogP contribution in [0.1, 0.15) is 17.5 Å². The quantitative estimate of drug-likeness (QED) is 0.537. The summed E-state index contributed by atoms with van der Waals surface area (Å²) in [6, 6.07) is 11.3. The van der Waals surface area contributed by atoms with Gasteiger partial charge in [-0.25, -0.2) is 9.67 Å². The minimum atomic E-state index is -4.53. The molecule has 1 atom stereocenters. The van der Waals surface area contributed by atoms with Crippen LogP contribution in [0.4, 0.5) is 13.2 Å². The van der Waals surface area contributed by atoms with E-state index in [1.807, 2.05) is 0 Å². The van der Waals surface area contributed by atoms with E-state index in [1.165, 1.54) is 12.1 Å². The lowest BCUT2D eigenvalue weighted by Gasteiger charge is -2.31. The highest BCUT2D eigenvalue weighted by Gasteiger charge is 2.58. The molecule has 0 aliphatic carbocycles. The van der Waals surface area contributed by atoms with Gasteiger partial charge in [0.15, 0.2) is 0 Å². The number of aromatic nitrogens is 3. The maximum Gasteiger partial charge on any atom is 0.400 e. The number of rotatable bonds is 3. The third-order valence-corrected chi connectivity index (χ3v) is 5.22. The van der Waals surface area contributed by atoms with Gasteiger partial charge in [0.25, 0.3) is 0 Å². The highest BCUT2D eigenvalue weighted by molar-refractivity contribution is 6.32. The molecule has 0 saturated carbocycles. The molecule has 9 heteroatoms. The van der Waals surface area contributed by atoms with Crippen molar-refractivity contribution in [3.05, 3.63) is 76.3 Å². The van der Waals surface area contributed by atoms with Crippen LogP contribution < -0.4 is 0 Å². The van der Waals surface area contributed by atoms with Gasteiger partial charge in [-0.05, 0) is 41.5 Å². The van der Waals surface area contributed by atoms with Crippen LogP contribution in [-0.4, -0.2) is 33.2 Å². The lowest BCUT2D eigenvalue weighted by molar-refractivity contribution is -0.183. The molecule has 28 heavy (non-hydrogen) atoms. The molecule has 1 aromatic carbocycles. The molecule has 0 N–H and O–H groups in total. The van der Waals surface area contributed by atoms with Crippen LogP contribution in [0.15, 0.2) is 59.9 Å². The topological polar surface area (TPSA) is 43.1 Å². The third kappa shape index (κ3) is 3.29. The normalized spacial score (nSPS) is 19.7. The Morgan fingerprint density at radius 3 is 2.29 bits per heavy atom. The first kappa shape index (κ1) is 19.0. The van der Waals surface area contributed by atoms with Crippen molar-refractivity contribution >= 4 is 28.9 Å². The first-order valence-corrected chi connectivity index (χ1v) is 9.08. The van der Waals surface area contributed by atoms with Crippen molar-refractivity contribution in [2.24, 2.45) is 4.99 Å². The molecule has 144 valence electrons. The van der Waals surface area contributed by atoms with Crippen LogP contribution in [0.2, 0.25) is 10.3 Å². The third-order valence-electron chi connectivity index (χ3n) is 4.84. The van der Waals surface area contributed by atoms with Gasteiger partial charge >= 0.3 is 6.18 Å². The number of hydrogen-bond acceptors (Lipinski definition) is 3. The molecular weight excluding hydrogens is 412 g/mol. The number of benzene rings is 1. The molecule has 1 aliphatic heterocycles. The summed E-state index contributed by atoms with van der Waals surface area (Å²) in [4.78, 5) is 7.97. The summed E-state index contributed by atoms with van der Waals surface area (Å²) in [5.41, 5.74) is -0.389. The van der Waals surface area contributed by atoms with Crippen molar-refractivity contribution in [1.82, 2.24) is 14.8 Å². The zero-order valence-electron chi connectivity index (χ0n) is 14.3. The van der Waals surface area contributed by atoms with Gasteiger partial charge < -0.3 is 0 Å². The molecule has 0 saturated heterocycles. The molecule has 3 aromatic rings. The molecule has 0 spiro atoms. The van der Waals surface area contributed by atoms with Crippen LogP contribution >= 0.6 is 23.2 Å². The smallest absolute Gasteiger partial charge is 0.288 e. The fourth-order valence-corrected chi connectivity index (χ4v) is 3.80. The number of hydrogen-bond donors (Lipinski definition) is 0. The van der Waals surface area contributed by atoms with E-state index >= 15 is 0 Å². The Hall–Kier alpha value is -2.38. The Morgan fingerprint density at radius 2 is 1.71 bits per heavy atom. The van der Waals surface area contributed by atoms with E-state index < -0.39 is 18.1 Å². The summed E-state index contributed by atoms with van der Waals surface area (Å²) < 4.78 is 44.0. The van der Waals surface area contributed by atoms with Crippen molar-refractivity contribution in [2.75, 3.05) is 6.54 Å². The number of halogens is 5. The Morgan fingerprint density at radius 1 is 1.04 bits per heavy atom. The Labute approximate surface area is 168 Å². The van der Waals surface area contributed by atoms with E-state index in [4.69, 9.17) is 23.2 Å². The van der Waals surface area contributed by atoms with Crippen molar-refractivity contribution in [3.8, 4) is 5.69 Å². The summed E-state index contributed by atoms with van der Waals surface area (Å²) in [6.45, 7) is -0.427. The fraction of sp³-hybridized carbons (Fsp3) is 0.211. The van der Waals surface area contributed by atoms with Crippen LogP contribution in [-0.2, 0) is 5.41 Å². The predicted molar refractivity (Wildman–Crippen MR) is 102 cm³/mol. The first-order valence-electron chi connectivity index (χ1n) is 8.33. The molecule has 2 aromatic heterocycles. The zero-order valence-corrected chi connectivity index (χ0v) is 15.8. The second kappa shape index (κ2) is 6.90. The number of alkyl halides is 3. The van der Waals surface area contributed by atoms with E-state index in [-0.39, 0.29) is 22.3 Å². The molecule has 3 heterocycles. The SMILES string of the molecule is FC(F)(F)C1(c2cc(Cl)nc(Cl)c2)CN=C(c2ccc(-n3cccn3)cc2)C1. The second-order valence-electron chi connectivity index (χ2n) is 6.52.